The summed E-state index contributed by atoms with van der Waals surface area (Å²) in [5, 5.41) is 7.06. The lowest BCUT2D eigenvalue weighted by Crippen LogP contribution is -2.45. The number of hydrogen-bond donors (Lipinski definition) is 2. The second-order valence-corrected chi connectivity index (χ2v) is 8.83. The van der Waals surface area contributed by atoms with Crippen molar-refractivity contribution >= 4 is 11.9 Å². The van der Waals surface area contributed by atoms with E-state index in [9.17, 15) is 4.79 Å². The third-order valence-corrected chi connectivity index (χ3v) is 6.57. The van der Waals surface area contributed by atoms with Crippen LogP contribution >= 0.6 is 0 Å². The maximum Gasteiger partial charge on any atom is 0.308 e. The van der Waals surface area contributed by atoms with Gasteiger partial charge in [0.15, 0.2) is 5.96 Å². The van der Waals surface area contributed by atoms with Crippen LogP contribution in [-0.2, 0) is 22.6 Å². The summed E-state index contributed by atoms with van der Waals surface area (Å²) in [6.45, 7) is 6.54. The summed E-state index contributed by atoms with van der Waals surface area (Å²) in [5.74, 6) is 0.854. The molecule has 6 nitrogen and oxygen atoms in total. The molecule has 1 aliphatic carbocycles. The molecular weight excluding hydrogens is 388 g/mol. The Morgan fingerprint density at radius 3 is 2.39 bits per heavy atom. The molecular formula is C25H40N4O2. The fourth-order valence-corrected chi connectivity index (χ4v) is 4.72. The molecule has 172 valence electrons. The second-order valence-electron chi connectivity index (χ2n) is 8.83. The third kappa shape index (κ3) is 7.53. The van der Waals surface area contributed by atoms with Gasteiger partial charge in [0.05, 0.1) is 12.5 Å². The average molecular weight is 429 g/mol. The Morgan fingerprint density at radius 1 is 1.06 bits per heavy atom. The van der Waals surface area contributed by atoms with E-state index in [0.29, 0.717) is 12.6 Å². The van der Waals surface area contributed by atoms with E-state index in [1.165, 1.54) is 49.9 Å². The summed E-state index contributed by atoms with van der Waals surface area (Å²) in [5.41, 5.74) is 2.74. The van der Waals surface area contributed by atoms with Crippen LogP contribution in [0.5, 0.6) is 0 Å². The average Bonchev–Trinajstić information content (AvgIpc) is 3.07. The number of carbonyl (C=O) groups is 1. The fraction of sp³-hybridized carbons (Fsp3) is 0.680. The Bertz CT molecular complexity index is 705. The molecule has 1 aliphatic heterocycles. The minimum Gasteiger partial charge on any atom is -0.466 e. The molecule has 1 heterocycles. The van der Waals surface area contributed by atoms with Crippen molar-refractivity contribution in [1.29, 1.82) is 0 Å². The van der Waals surface area contributed by atoms with E-state index < -0.39 is 0 Å². The van der Waals surface area contributed by atoms with Gasteiger partial charge in [-0.05, 0) is 69.7 Å². The number of hydrogen-bond acceptors (Lipinski definition) is 4. The van der Waals surface area contributed by atoms with Gasteiger partial charge in [0.25, 0.3) is 0 Å². The maximum atomic E-state index is 12.0. The first-order valence-electron chi connectivity index (χ1n) is 12.1. The molecule has 0 unspecified atom stereocenters. The first-order chi connectivity index (χ1) is 15.2. The van der Waals surface area contributed by atoms with Gasteiger partial charge in [-0.15, -0.1) is 0 Å². The smallest absolute Gasteiger partial charge is 0.308 e. The number of carbonyl (C=O) groups excluding carboxylic acids is 1. The van der Waals surface area contributed by atoms with Gasteiger partial charge in [-0.1, -0.05) is 37.1 Å². The minimum atomic E-state index is -0.0375. The standard InChI is InChI=1S/C25H40N4O2/c1-3-31-24(30)20-12-14-23(15-13-20)28-25(26-2)27-18-21-10-6-7-11-22(21)19-29-16-8-4-5-9-17-29/h6-7,10-11,20,23H,3-5,8-9,12-19H2,1-2H3,(H2,26,27,28). The van der Waals surface area contributed by atoms with E-state index in [2.05, 4.69) is 44.8 Å². The van der Waals surface area contributed by atoms with Crippen molar-refractivity contribution in [3.8, 4) is 0 Å². The maximum absolute atomic E-state index is 12.0. The monoisotopic (exact) mass is 428 g/mol. The molecule has 31 heavy (non-hydrogen) atoms. The normalized spacial score (nSPS) is 23.1. The van der Waals surface area contributed by atoms with Gasteiger partial charge < -0.3 is 15.4 Å². The summed E-state index contributed by atoms with van der Waals surface area (Å²) in [6, 6.07) is 9.10. The molecule has 0 aromatic heterocycles. The van der Waals surface area contributed by atoms with Crippen molar-refractivity contribution in [3.05, 3.63) is 35.4 Å². The fourth-order valence-electron chi connectivity index (χ4n) is 4.72. The Balaban J connectivity index is 1.48. The zero-order valence-corrected chi connectivity index (χ0v) is 19.4. The van der Waals surface area contributed by atoms with Gasteiger partial charge in [-0.25, -0.2) is 0 Å². The van der Waals surface area contributed by atoms with E-state index in [4.69, 9.17) is 4.74 Å². The van der Waals surface area contributed by atoms with Crippen LogP contribution in [-0.4, -0.2) is 49.6 Å². The Labute approximate surface area is 187 Å². The predicted molar refractivity (Wildman–Crippen MR) is 126 cm³/mol. The highest BCUT2D eigenvalue weighted by atomic mass is 16.5. The Kier molecular flexibility index (Phi) is 9.66. The van der Waals surface area contributed by atoms with Gasteiger partial charge in [0, 0.05) is 26.2 Å². The number of nitrogens with one attached hydrogen (secondary N) is 2. The highest BCUT2D eigenvalue weighted by Crippen LogP contribution is 2.25. The zero-order valence-electron chi connectivity index (χ0n) is 19.4. The number of guanidine groups is 1. The topological polar surface area (TPSA) is 66.0 Å². The molecule has 6 heteroatoms. The molecule has 1 aromatic rings. The van der Waals surface area contributed by atoms with Gasteiger partial charge in [-0.3, -0.25) is 14.7 Å². The molecule has 0 atom stereocenters. The van der Waals surface area contributed by atoms with Crippen LogP contribution in [0.25, 0.3) is 0 Å². The quantitative estimate of drug-likeness (QED) is 0.392. The number of nitrogens with zero attached hydrogens (tertiary/aromatic N) is 2. The molecule has 0 radical (unpaired) electrons. The summed E-state index contributed by atoms with van der Waals surface area (Å²) in [4.78, 5) is 19.0. The largest absolute Gasteiger partial charge is 0.466 e. The summed E-state index contributed by atoms with van der Waals surface area (Å²) in [7, 11) is 1.82. The van der Waals surface area contributed by atoms with Crippen LogP contribution in [0.15, 0.2) is 29.3 Å². The summed E-state index contributed by atoms with van der Waals surface area (Å²) < 4.78 is 5.18. The van der Waals surface area contributed by atoms with Gasteiger partial charge in [-0.2, -0.15) is 0 Å². The second kappa shape index (κ2) is 12.7. The number of likely N-dealkylation sites (tertiary alicyclic amines) is 1. The molecule has 2 aliphatic rings. The number of esters is 1. The van der Waals surface area contributed by atoms with Crippen molar-refractivity contribution in [2.45, 2.75) is 77.4 Å². The van der Waals surface area contributed by atoms with Crippen LogP contribution < -0.4 is 10.6 Å². The van der Waals surface area contributed by atoms with E-state index in [-0.39, 0.29) is 11.9 Å². The van der Waals surface area contributed by atoms with Crippen LogP contribution in [0, 0.1) is 5.92 Å². The van der Waals surface area contributed by atoms with E-state index in [0.717, 1.165) is 44.7 Å². The highest BCUT2D eigenvalue weighted by Gasteiger charge is 2.27. The van der Waals surface area contributed by atoms with Crippen LogP contribution in [0.4, 0.5) is 0 Å². The van der Waals surface area contributed by atoms with E-state index in [1.54, 1.807) is 0 Å². The van der Waals surface area contributed by atoms with Crippen molar-refractivity contribution in [1.82, 2.24) is 15.5 Å². The minimum absolute atomic E-state index is 0.0375. The number of ether oxygens (including phenoxy) is 1. The van der Waals surface area contributed by atoms with Crippen molar-refractivity contribution < 1.29 is 9.53 Å². The van der Waals surface area contributed by atoms with Gasteiger partial charge in [0.1, 0.15) is 0 Å². The molecule has 0 amide bonds. The molecule has 1 saturated heterocycles. The SMILES string of the molecule is CCOC(=O)C1CCC(NC(=NC)NCc2ccccc2CN2CCCCCC2)CC1. The van der Waals surface area contributed by atoms with E-state index >= 15 is 0 Å². The lowest BCUT2D eigenvalue weighted by Gasteiger charge is -2.29. The molecule has 2 N–H and O–H groups in total. The number of benzene rings is 1. The Hall–Kier alpha value is -2.08. The first kappa shape index (κ1) is 23.6. The highest BCUT2D eigenvalue weighted by molar-refractivity contribution is 5.80. The molecule has 2 fully saturated rings. The van der Waals surface area contributed by atoms with Crippen LogP contribution in [0.2, 0.25) is 0 Å². The van der Waals surface area contributed by atoms with Crippen molar-refractivity contribution in [3.63, 3.8) is 0 Å². The molecule has 0 bridgehead atoms. The lowest BCUT2D eigenvalue weighted by atomic mass is 9.86. The summed E-state index contributed by atoms with van der Waals surface area (Å²) >= 11 is 0. The van der Waals surface area contributed by atoms with Crippen molar-refractivity contribution in [2.24, 2.45) is 10.9 Å². The predicted octanol–water partition coefficient (Wildman–Crippen LogP) is 3.85. The van der Waals surface area contributed by atoms with Crippen LogP contribution in [0.1, 0.15) is 69.4 Å². The van der Waals surface area contributed by atoms with Gasteiger partial charge >= 0.3 is 5.97 Å². The zero-order chi connectivity index (χ0) is 21.9. The van der Waals surface area contributed by atoms with Gasteiger partial charge in [0.2, 0.25) is 0 Å². The molecule has 1 aromatic carbocycles. The molecule has 1 saturated carbocycles. The summed E-state index contributed by atoms with van der Waals surface area (Å²) in [6.07, 6.45) is 9.06. The van der Waals surface area contributed by atoms with E-state index in [1.807, 2.05) is 14.0 Å². The number of aliphatic imine (C=N–C) groups is 1. The lowest BCUT2D eigenvalue weighted by molar-refractivity contribution is -0.149. The Morgan fingerprint density at radius 2 is 1.74 bits per heavy atom. The first-order valence-corrected chi connectivity index (χ1v) is 12.1. The third-order valence-electron chi connectivity index (χ3n) is 6.57. The molecule has 0 spiro atoms. The van der Waals surface area contributed by atoms with Crippen molar-refractivity contribution in [2.75, 3.05) is 26.7 Å². The van der Waals surface area contributed by atoms with Crippen LogP contribution in [0.3, 0.4) is 0 Å². The molecule has 3 rings (SSSR count). The number of rotatable bonds is 7.